The van der Waals surface area contributed by atoms with Gasteiger partial charge in [0.15, 0.2) is 5.43 Å². The van der Waals surface area contributed by atoms with Crippen LogP contribution in [0.5, 0.6) is 0 Å². The molecule has 208 valence electrons. The zero-order valence-electron chi connectivity index (χ0n) is 22.4. The third-order valence-corrected chi connectivity index (χ3v) is 7.79. The first-order valence-corrected chi connectivity index (χ1v) is 13.6. The minimum absolute atomic E-state index is 0.0586. The fraction of sp³-hybridized carbons (Fsp3) is 0.379. The van der Waals surface area contributed by atoms with Gasteiger partial charge in [0.1, 0.15) is 11.5 Å². The number of aromatic amines is 1. The summed E-state index contributed by atoms with van der Waals surface area (Å²) in [6, 6.07) is 12.5. The minimum Gasteiger partial charge on any atom is -0.478 e. The molecule has 1 unspecified atom stereocenters. The number of aromatic nitrogens is 4. The first-order chi connectivity index (χ1) is 19.5. The Morgan fingerprint density at radius 2 is 1.77 bits per heavy atom. The Hall–Kier alpha value is -4.06. The third-order valence-electron chi connectivity index (χ3n) is 7.79. The number of hydrogen-bond acceptors (Lipinski definition) is 8. The molecule has 0 radical (unpaired) electrons. The molecule has 2 fully saturated rings. The van der Waals surface area contributed by atoms with Crippen LogP contribution in [0.15, 0.2) is 53.5 Å². The summed E-state index contributed by atoms with van der Waals surface area (Å²) in [5, 5.41) is 19.4. The quantitative estimate of drug-likeness (QED) is 0.361. The number of hydrogen-bond donors (Lipinski definition) is 2. The maximum absolute atomic E-state index is 13.0. The van der Waals surface area contributed by atoms with Crippen molar-refractivity contribution in [2.45, 2.75) is 19.5 Å². The van der Waals surface area contributed by atoms with Crippen LogP contribution in [0.25, 0.3) is 22.2 Å². The summed E-state index contributed by atoms with van der Waals surface area (Å²) in [7, 11) is 0. The molecule has 2 aliphatic rings. The van der Waals surface area contributed by atoms with E-state index in [1.807, 2.05) is 37.4 Å². The predicted octanol–water partition coefficient (Wildman–Crippen LogP) is 2.76. The molecule has 11 nitrogen and oxygen atoms in total. The number of para-hydroxylation sites is 1. The lowest BCUT2D eigenvalue weighted by atomic mass is 9.94. The summed E-state index contributed by atoms with van der Waals surface area (Å²) in [6.45, 7) is 7.79. The summed E-state index contributed by atoms with van der Waals surface area (Å²) in [4.78, 5) is 33.0. The van der Waals surface area contributed by atoms with Crippen molar-refractivity contribution >= 4 is 22.7 Å². The number of aromatic carboxylic acids is 1. The molecule has 2 aromatic heterocycles. The van der Waals surface area contributed by atoms with Crippen molar-refractivity contribution in [3.8, 4) is 11.3 Å². The highest BCUT2D eigenvalue weighted by Crippen LogP contribution is 2.30. The van der Waals surface area contributed by atoms with E-state index in [1.165, 1.54) is 0 Å². The van der Waals surface area contributed by atoms with Crippen molar-refractivity contribution in [3.63, 3.8) is 0 Å². The van der Waals surface area contributed by atoms with Crippen LogP contribution >= 0.6 is 0 Å². The zero-order valence-corrected chi connectivity index (χ0v) is 22.4. The van der Waals surface area contributed by atoms with E-state index in [2.05, 4.69) is 25.1 Å². The number of nitrogens with one attached hydrogen (secondary N) is 1. The highest BCUT2D eigenvalue weighted by Gasteiger charge is 2.26. The fourth-order valence-corrected chi connectivity index (χ4v) is 5.70. The van der Waals surface area contributed by atoms with Crippen LogP contribution in [0, 0.1) is 0 Å². The second-order valence-electron chi connectivity index (χ2n) is 10.2. The summed E-state index contributed by atoms with van der Waals surface area (Å²) < 4.78 is 12.7. The molecule has 0 aliphatic carbocycles. The average Bonchev–Trinajstić information content (AvgIpc) is 3.45. The Bertz CT molecular complexity index is 1590. The van der Waals surface area contributed by atoms with Gasteiger partial charge >= 0.3 is 5.97 Å². The van der Waals surface area contributed by atoms with Gasteiger partial charge in [0.25, 0.3) is 0 Å². The predicted molar refractivity (Wildman–Crippen MR) is 150 cm³/mol. The number of benzene rings is 2. The zero-order chi connectivity index (χ0) is 27.6. The first-order valence-electron chi connectivity index (χ1n) is 13.6. The number of carbonyl (C=O) groups is 1. The molecule has 0 amide bonds. The number of H-pyrrole nitrogens is 1. The molecule has 0 bridgehead atoms. The van der Waals surface area contributed by atoms with Crippen molar-refractivity contribution in [2.75, 3.05) is 57.5 Å². The molecule has 11 heteroatoms. The second-order valence-corrected chi connectivity index (χ2v) is 10.2. The number of carboxylic acids is 1. The number of carboxylic acid groups (broad SMARTS) is 1. The van der Waals surface area contributed by atoms with E-state index in [0.29, 0.717) is 68.2 Å². The molecule has 0 saturated carbocycles. The number of fused-ring (bicyclic) bond motifs is 1. The summed E-state index contributed by atoms with van der Waals surface area (Å²) in [6.07, 6.45) is 1.84. The van der Waals surface area contributed by atoms with Crippen LogP contribution in [0.1, 0.15) is 34.5 Å². The van der Waals surface area contributed by atoms with E-state index in [9.17, 15) is 14.7 Å². The standard InChI is InChI=1S/C29H32N6O5/c1-19(33-8-12-39-13-9-33)27-20(4-2-7-23(27)29(37)38)17-35-18-24(31-32-35)21-5-3-6-22-25(36)16-26(30-28(21)22)34-10-14-40-15-11-34/h2-7,16,18-19H,8-15,17H2,1H3,(H,30,36)(H,37,38). The van der Waals surface area contributed by atoms with Crippen molar-refractivity contribution in [1.29, 1.82) is 0 Å². The van der Waals surface area contributed by atoms with Crippen LogP contribution in [0.4, 0.5) is 5.82 Å². The van der Waals surface area contributed by atoms with Gasteiger partial charge in [0, 0.05) is 49.2 Å². The monoisotopic (exact) mass is 544 g/mol. The van der Waals surface area contributed by atoms with Crippen molar-refractivity contribution in [1.82, 2.24) is 24.9 Å². The first kappa shape index (κ1) is 26.2. The smallest absolute Gasteiger partial charge is 0.336 e. The molecule has 2 aromatic carbocycles. The average molecular weight is 545 g/mol. The van der Waals surface area contributed by atoms with Gasteiger partial charge in [-0.15, -0.1) is 5.10 Å². The fourth-order valence-electron chi connectivity index (χ4n) is 5.70. The van der Waals surface area contributed by atoms with Gasteiger partial charge in [-0.25, -0.2) is 9.48 Å². The van der Waals surface area contributed by atoms with Gasteiger partial charge in [-0.05, 0) is 30.2 Å². The summed E-state index contributed by atoms with van der Waals surface area (Å²) >= 11 is 0. The van der Waals surface area contributed by atoms with E-state index in [4.69, 9.17) is 9.47 Å². The van der Waals surface area contributed by atoms with Gasteiger partial charge in [-0.1, -0.05) is 29.5 Å². The Kier molecular flexibility index (Phi) is 7.33. The molecule has 2 N–H and O–H groups in total. The number of ether oxygens (including phenoxy) is 2. The molecule has 6 rings (SSSR count). The van der Waals surface area contributed by atoms with Gasteiger partial charge in [-0.2, -0.15) is 0 Å². The largest absolute Gasteiger partial charge is 0.478 e. The summed E-state index contributed by atoms with van der Waals surface area (Å²) in [5.41, 5.74) is 3.98. The van der Waals surface area contributed by atoms with Crippen LogP contribution < -0.4 is 10.3 Å². The van der Waals surface area contributed by atoms with Crippen LogP contribution in [0.2, 0.25) is 0 Å². The molecular weight excluding hydrogens is 512 g/mol. The summed E-state index contributed by atoms with van der Waals surface area (Å²) in [5.74, 6) is -0.195. The lowest BCUT2D eigenvalue weighted by Crippen LogP contribution is -2.39. The third kappa shape index (κ3) is 5.10. The number of pyridine rings is 1. The van der Waals surface area contributed by atoms with Gasteiger partial charge < -0.3 is 24.5 Å². The maximum atomic E-state index is 13.0. The second kappa shape index (κ2) is 11.2. The highest BCUT2D eigenvalue weighted by atomic mass is 16.5. The molecule has 0 spiro atoms. The van der Waals surface area contributed by atoms with E-state index in [0.717, 1.165) is 35.6 Å². The molecule has 40 heavy (non-hydrogen) atoms. The minimum atomic E-state index is -0.952. The van der Waals surface area contributed by atoms with Gasteiger partial charge in [0.2, 0.25) is 0 Å². The normalized spacial score (nSPS) is 17.3. The van der Waals surface area contributed by atoms with E-state index in [1.54, 1.807) is 22.9 Å². The molecule has 1 atom stereocenters. The van der Waals surface area contributed by atoms with Crippen LogP contribution in [0.3, 0.4) is 0 Å². The Morgan fingerprint density at radius 3 is 2.52 bits per heavy atom. The number of rotatable bonds is 7. The lowest BCUT2D eigenvalue weighted by molar-refractivity contribution is 0.0193. The molecular formula is C29H32N6O5. The SMILES string of the molecule is CC(c1c(Cn2cc(-c3cccc4c(=O)cc(N5CCOCC5)[nH]c34)nn2)cccc1C(=O)O)N1CCOCC1. The maximum Gasteiger partial charge on any atom is 0.336 e. The molecule has 4 heterocycles. The Morgan fingerprint density at radius 1 is 1.05 bits per heavy atom. The van der Waals surface area contributed by atoms with E-state index < -0.39 is 5.97 Å². The van der Waals surface area contributed by atoms with Crippen molar-refractivity contribution < 1.29 is 19.4 Å². The van der Waals surface area contributed by atoms with Gasteiger partial charge in [0.05, 0.1) is 50.2 Å². The molecule has 2 saturated heterocycles. The lowest BCUT2D eigenvalue weighted by Gasteiger charge is -2.34. The number of morpholine rings is 2. The van der Waals surface area contributed by atoms with Crippen molar-refractivity contribution in [3.05, 3.63) is 75.6 Å². The molecule has 2 aliphatic heterocycles. The van der Waals surface area contributed by atoms with E-state index >= 15 is 0 Å². The van der Waals surface area contributed by atoms with Crippen molar-refractivity contribution in [2.24, 2.45) is 0 Å². The van der Waals surface area contributed by atoms with Gasteiger partial charge in [-0.3, -0.25) is 9.69 Å². The van der Waals surface area contributed by atoms with Crippen LogP contribution in [-0.2, 0) is 16.0 Å². The van der Waals surface area contributed by atoms with E-state index in [-0.39, 0.29) is 11.5 Å². The van der Waals surface area contributed by atoms with Crippen LogP contribution in [-0.4, -0.2) is 88.6 Å². The number of anilines is 1. The number of nitrogens with zero attached hydrogens (tertiary/aromatic N) is 5. The molecule has 4 aromatic rings. The Labute approximate surface area is 230 Å². The Balaban J connectivity index is 1.35. The highest BCUT2D eigenvalue weighted by molar-refractivity contribution is 5.93. The topological polar surface area (TPSA) is 126 Å².